The minimum Gasteiger partial charge on any atom is -0.258 e. The van der Waals surface area contributed by atoms with Gasteiger partial charge in [0.15, 0.2) is 0 Å². The van der Waals surface area contributed by atoms with Crippen molar-refractivity contribution in [1.82, 2.24) is 0 Å². The molecule has 0 spiro atoms. The van der Waals surface area contributed by atoms with Gasteiger partial charge in [0.05, 0.1) is 17.6 Å². The fourth-order valence-electron chi connectivity index (χ4n) is 1.93. The van der Waals surface area contributed by atoms with Crippen LogP contribution in [0.3, 0.4) is 0 Å². The van der Waals surface area contributed by atoms with E-state index in [1.54, 1.807) is 36.4 Å². The van der Waals surface area contributed by atoms with Crippen molar-refractivity contribution < 1.29 is 4.92 Å². The predicted molar refractivity (Wildman–Crippen MR) is 77.8 cm³/mol. The van der Waals surface area contributed by atoms with Crippen LogP contribution in [-0.2, 0) is 0 Å². The molecule has 0 amide bonds. The summed E-state index contributed by atoms with van der Waals surface area (Å²) in [5.41, 5.74) is 1.71. The molecule has 0 saturated heterocycles. The third-order valence-electron chi connectivity index (χ3n) is 2.88. The molecule has 5 nitrogen and oxygen atoms in total. The topological polar surface area (TPSA) is 71.3 Å². The van der Waals surface area contributed by atoms with Crippen molar-refractivity contribution >= 4 is 11.3 Å². The third kappa shape index (κ3) is 2.94. The highest BCUT2D eigenvalue weighted by atomic mass is 16.6. The normalized spacial score (nSPS) is 11.0. The van der Waals surface area contributed by atoms with Crippen LogP contribution in [0, 0.1) is 28.0 Å². The van der Waals surface area contributed by atoms with Crippen LogP contribution in [0.4, 0.5) is 5.69 Å². The monoisotopic (exact) mass is 275 g/mol. The Morgan fingerprint density at radius 1 is 1.10 bits per heavy atom. The molecule has 0 fully saturated rings. The standard InChI is InChI=1S/C16H9N3O2/c1-18-15(11-17)16(12-5-3-2-4-6-12)13-7-9-14(10-8-13)19(20)21/h2-10H/b16-15-. The van der Waals surface area contributed by atoms with Crippen molar-refractivity contribution in [3.05, 3.63) is 93.0 Å². The molecule has 0 atom stereocenters. The van der Waals surface area contributed by atoms with Gasteiger partial charge in [-0.2, -0.15) is 0 Å². The van der Waals surface area contributed by atoms with Crippen molar-refractivity contribution in [2.75, 3.05) is 0 Å². The lowest BCUT2D eigenvalue weighted by Crippen LogP contribution is -1.93. The number of allylic oxidation sites excluding steroid dienone is 1. The van der Waals surface area contributed by atoms with Gasteiger partial charge in [-0.05, 0) is 23.3 Å². The van der Waals surface area contributed by atoms with Gasteiger partial charge in [-0.25, -0.2) is 10.1 Å². The molecule has 100 valence electrons. The van der Waals surface area contributed by atoms with E-state index in [-0.39, 0.29) is 11.4 Å². The molecule has 2 aromatic rings. The molecule has 0 aliphatic carbocycles. The molecular formula is C16H9N3O2. The van der Waals surface area contributed by atoms with Crippen molar-refractivity contribution in [2.45, 2.75) is 0 Å². The average Bonchev–Trinajstić information content (AvgIpc) is 2.53. The molecule has 0 aliphatic heterocycles. The summed E-state index contributed by atoms with van der Waals surface area (Å²) in [6.07, 6.45) is 0. The van der Waals surface area contributed by atoms with E-state index in [1.807, 2.05) is 12.1 Å². The number of nitro groups is 1. The maximum atomic E-state index is 10.7. The van der Waals surface area contributed by atoms with E-state index in [1.165, 1.54) is 12.1 Å². The van der Waals surface area contributed by atoms with Crippen molar-refractivity contribution in [2.24, 2.45) is 0 Å². The van der Waals surface area contributed by atoms with Crippen LogP contribution >= 0.6 is 0 Å². The molecule has 0 aromatic heterocycles. The molecule has 0 radical (unpaired) electrons. The van der Waals surface area contributed by atoms with Gasteiger partial charge in [0.25, 0.3) is 11.4 Å². The summed E-state index contributed by atoms with van der Waals surface area (Å²) in [7, 11) is 0. The third-order valence-corrected chi connectivity index (χ3v) is 2.88. The zero-order valence-electron chi connectivity index (χ0n) is 10.9. The van der Waals surface area contributed by atoms with E-state index in [9.17, 15) is 10.1 Å². The highest BCUT2D eigenvalue weighted by Gasteiger charge is 2.13. The Balaban J connectivity index is 2.63. The van der Waals surface area contributed by atoms with Crippen LogP contribution in [0.1, 0.15) is 11.1 Å². The van der Waals surface area contributed by atoms with Gasteiger partial charge in [-0.3, -0.25) is 10.1 Å². The Kier molecular flexibility index (Phi) is 4.09. The maximum Gasteiger partial charge on any atom is 0.270 e. The lowest BCUT2D eigenvalue weighted by Gasteiger charge is -2.08. The number of hydrogen-bond acceptors (Lipinski definition) is 3. The first kappa shape index (κ1) is 14.0. The number of nitro benzene ring substituents is 1. The summed E-state index contributed by atoms with van der Waals surface area (Å²) < 4.78 is 0. The second-order valence-electron chi connectivity index (χ2n) is 4.12. The number of benzene rings is 2. The van der Waals surface area contributed by atoms with Crippen LogP contribution in [-0.4, -0.2) is 4.92 Å². The number of nitrogens with zero attached hydrogens (tertiary/aromatic N) is 3. The molecule has 2 aromatic carbocycles. The fraction of sp³-hybridized carbons (Fsp3) is 0. The summed E-state index contributed by atoms with van der Waals surface area (Å²) in [4.78, 5) is 13.5. The number of rotatable bonds is 3. The Morgan fingerprint density at radius 3 is 2.14 bits per heavy atom. The van der Waals surface area contributed by atoms with E-state index in [0.717, 1.165) is 5.56 Å². The fourth-order valence-corrected chi connectivity index (χ4v) is 1.93. The minimum atomic E-state index is -0.490. The Hall–Kier alpha value is -3.44. The molecular weight excluding hydrogens is 266 g/mol. The summed E-state index contributed by atoms with van der Waals surface area (Å²) >= 11 is 0. The summed E-state index contributed by atoms with van der Waals surface area (Å²) in [6, 6.07) is 16.7. The average molecular weight is 275 g/mol. The SMILES string of the molecule is [C-]#[N+]/C(C#N)=C(/c1ccccc1)c1ccc([N+](=O)[O-])cc1. The highest BCUT2D eigenvalue weighted by molar-refractivity contribution is 5.85. The maximum absolute atomic E-state index is 10.7. The van der Waals surface area contributed by atoms with Crippen LogP contribution in [0.5, 0.6) is 0 Å². The smallest absolute Gasteiger partial charge is 0.258 e. The quantitative estimate of drug-likeness (QED) is 0.370. The van der Waals surface area contributed by atoms with E-state index in [2.05, 4.69) is 4.85 Å². The second kappa shape index (κ2) is 6.14. The van der Waals surface area contributed by atoms with E-state index < -0.39 is 4.92 Å². The Labute approximate surface area is 121 Å². The van der Waals surface area contributed by atoms with Gasteiger partial charge in [0, 0.05) is 17.7 Å². The zero-order valence-corrected chi connectivity index (χ0v) is 10.9. The number of hydrogen-bond donors (Lipinski definition) is 0. The Bertz CT molecular complexity index is 763. The van der Waals surface area contributed by atoms with Gasteiger partial charge < -0.3 is 0 Å². The Morgan fingerprint density at radius 2 is 1.67 bits per heavy atom. The van der Waals surface area contributed by atoms with E-state index in [0.29, 0.717) is 11.1 Å². The molecule has 0 bridgehead atoms. The van der Waals surface area contributed by atoms with Gasteiger partial charge in [0.2, 0.25) is 0 Å². The first-order chi connectivity index (χ1) is 10.2. The van der Waals surface area contributed by atoms with Gasteiger partial charge in [-0.1, -0.05) is 30.3 Å². The molecule has 0 N–H and O–H groups in total. The lowest BCUT2D eigenvalue weighted by molar-refractivity contribution is -0.384. The van der Waals surface area contributed by atoms with Gasteiger partial charge >= 0.3 is 0 Å². The minimum absolute atomic E-state index is 0.0347. The van der Waals surface area contributed by atoms with Gasteiger partial charge in [-0.15, -0.1) is 0 Å². The first-order valence-electron chi connectivity index (χ1n) is 5.99. The molecule has 0 aliphatic rings. The largest absolute Gasteiger partial charge is 0.270 e. The molecule has 0 saturated carbocycles. The van der Waals surface area contributed by atoms with Gasteiger partial charge in [0.1, 0.15) is 0 Å². The molecule has 0 unspecified atom stereocenters. The zero-order chi connectivity index (χ0) is 15.2. The molecule has 0 heterocycles. The summed E-state index contributed by atoms with van der Waals surface area (Å²) in [6.45, 7) is 7.14. The van der Waals surface area contributed by atoms with Crippen molar-refractivity contribution in [1.29, 1.82) is 5.26 Å². The van der Waals surface area contributed by atoms with Crippen molar-refractivity contribution in [3.63, 3.8) is 0 Å². The highest BCUT2D eigenvalue weighted by Crippen LogP contribution is 2.28. The number of non-ortho nitro benzene ring substituents is 1. The molecule has 5 heteroatoms. The lowest BCUT2D eigenvalue weighted by atomic mass is 9.96. The van der Waals surface area contributed by atoms with Crippen LogP contribution < -0.4 is 0 Å². The summed E-state index contributed by atoms with van der Waals surface area (Å²) in [5.74, 6) is 0. The predicted octanol–water partition coefficient (Wildman–Crippen LogP) is 3.80. The van der Waals surface area contributed by atoms with E-state index >= 15 is 0 Å². The molecule has 21 heavy (non-hydrogen) atoms. The second-order valence-corrected chi connectivity index (χ2v) is 4.12. The van der Waals surface area contributed by atoms with Crippen LogP contribution in [0.2, 0.25) is 0 Å². The molecule has 2 rings (SSSR count). The first-order valence-corrected chi connectivity index (χ1v) is 5.99. The van der Waals surface area contributed by atoms with Crippen molar-refractivity contribution in [3.8, 4) is 6.07 Å². The summed E-state index contributed by atoms with van der Waals surface area (Å²) in [5, 5.41) is 19.8. The van der Waals surface area contributed by atoms with Crippen LogP contribution in [0.15, 0.2) is 60.3 Å². The van der Waals surface area contributed by atoms with Crippen LogP contribution in [0.25, 0.3) is 10.4 Å². The van der Waals surface area contributed by atoms with E-state index in [4.69, 9.17) is 11.8 Å². The number of nitriles is 1.